The van der Waals surface area contributed by atoms with Gasteiger partial charge in [-0.3, -0.25) is 9.98 Å². The van der Waals surface area contributed by atoms with Crippen molar-refractivity contribution in [2.24, 2.45) is 4.99 Å². The number of hydrogen-bond acceptors (Lipinski definition) is 2. The second-order valence-electron chi connectivity index (χ2n) is 5.89. The highest BCUT2D eigenvalue weighted by molar-refractivity contribution is 6.25. The first-order valence-corrected chi connectivity index (χ1v) is 8.29. The quantitative estimate of drug-likeness (QED) is 0.552. The van der Waals surface area contributed by atoms with Crippen LogP contribution in [-0.2, 0) is 6.42 Å². The van der Waals surface area contributed by atoms with E-state index in [2.05, 4.69) is 64.9 Å². The van der Waals surface area contributed by atoms with Crippen LogP contribution in [0.2, 0.25) is 0 Å². The van der Waals surface area contributed by atoms with Crippen LogP contribution in [0.1, 0.15) is 17.5 Å². The first-order chi connectivity index (χ1) is 11.9. The van der Waals surface area contributed by atoms with E-state index >= 15 is 0 Å². The molecule has 3 heteroatoms. The molecule has 0 aliphatic carbocycles. The van der Waals surface area contributed by atoms with E-state index in [0.29, 0.717) is 0 Å². The van der Waals surface area contributed by atoms with Crippen LogP contribution in [0.3, 0.4) is 0 Å². The minimum absolute atomic E-state index is 0.788. The van der Waals surface area contributed by atoms with Gasteiger partial charge in [0.2, 0.25) is 0 Å². The molecule has 0 saturated carbocycles. The third kappa shape index (κ3) is 2.93. The van der Waals surface area contributed by atoms with Crippen molar-refractivity contribution in [2.45, 2.75) is 12.8 Å². The van der Waals surface area contributed by atoms with Crippen molar-refractivity contribution in [3.05, 3.63) is 84.2 Å². The third-order valence-electron chi connectivity index (χ3n) is 4.22. The lowest BCUT2D eigenvalue weighted by Gasteiger charge is -2.00. The standard InChI is InChI=1S/C21H19N3/c1(2-7-16-8-6-13-22-15-16)3-14-23-21-18-11-4-9-17-10-5-12-19(24-21)20(17)18/h1-2,4-6,8-13,15H,3,7,14H2,(H,23,24). The lowest BCUT2D eigenvalue weighted by molar-refractivity contribution is 0.999. The minimum atomic E-state index is 0.788. The summed E-state index contributed by atoms with van der Waals surface area (Å²) in [7, 11) is 0. The summed E-state index contributed by atoms with van der Waals surface area (Å²) < 4.78 is 0. The Morgan fingerprint density at radius 2 is 1.92 bits per heavy atom. The first-order valence-electron chi connectivity index (χ1n) is 8.29. The SMILES string of the molecule is C(=CCc1cccnc1)CCN=C1Nc2cccc3cccc1c23. The number of amidine groups is 1. The average molecular weight is 313 g/mol. The molecular weight excluding hydrogens is 294 g/mol. The van der Waals surface area contributed by atoms with E-state index in [1.807, 2.05) is 12.3 Å². The summed E-state index contributed by atoms with van der Waals surface area (Å²) in [6.07, 6.45) is 9.96. The molecule has 24 heavy (non-hydrogen) atoms. The Morgan fingerprint density at radius 3 is 2.79 bits per heavy atom. The van der Waals surface area contributed by atoms with Crippen LogP contribution in [-0.4, -0.2) is 17.4 Å². The van der Waals surface area contributed by atoms with Gasteiger partial charge in [0.15, 0.2) is 0 Å². The summed E-state index contributed by atoms with van der Waals surface area (Å²) in [6.45, 7) is 0.788. The van der Waals surface area contributed by atoms with Crippen LogP contribution >= 0.6 is 0 Å². The Hall–Kier alpha value is -2.94. The van der Waals surface area contributed by atoms with E-state index in [-0.39, 0.29) is 0 Å². The maximum Gasteiger partial charge on any atom is 0.133 e. The third-order valence-corrected chi connectivity index (χ3v) is 4.22. The van der Waals surface area contributed by atoms with E-state index in [4.69, 9.17) is 4.99 Å². The number of hydrogen-bond donors (Lipinski definition) is 1. The van der Waals surface area contributed by atoms with Gasteiger partial charge in [-0.15, -0.1) is 0 Å². The van der Waals surface area contributed by atoms with E-state index in [1.54, 1.807) is 6.20 Å². The van der Waals surface area contributed by atoms with Gasteiger partial charge in [0.25, 0.3) is 0 Å². The number of aromatic nitrogens is 1. The molecule has 0 fully saturated rings. The smallest absolute Gasteiger partial charge is 0.133 e. The largest absolute Gasteiger partial charge is 0.339 e. The van der Waals surface area contributed by atoms with Gasteiger partial charge in [0.1, 0.15) is 5.84 Å². The highest BCUT2D eigenvalue weighted by Crippen LogP contribution is 2.32. The minimum Gasteiger partial charge on any atom is -0.339 e. The Morgan fingerprint density at radius 1 is 1.00 bits per heavy atom. The molecule has 0 atom stereocenters. The highest BCUT2D eigenvalue weighted by atomic mass is 15.0. The Kier molecular flexibility index (Phi) is 4.07. The van der Waals surface area contributed by atoms with Crippen LogP contribution in [0.4, 0.5) is 5.69 Å². The van der Waals surface area contributed by atoms with E-state index in [9.17, 15) is 0 Å². The van der Waals surface area contributed by atoms with Gasteiger partial charge in [0, 0.05) is 35.6 Å². The number of pyridine rings is 1. The van der Waals surface area contributed by atoms with Crippen molar-refractivity contribution in [1.82, 2.24) is 4.98 Å². The molecule has 118 valence electrons. The van der Waals surface area contributed by atoms with Crippen molar-refractivity contribution < 1.29 is 0 Å². The molecule has 1 aliphatic rings. The molecule has 2 heterocycles. The molecule has 4 rings (SSSR count). The van der Waals surface area contributed by atoms with E-state index < -0.39 is 0 Å². The predicted octanol–water partition coefficient (Wildman–Crippen LogP) is 4.60. The summed E-state index contributed by atoms with van der Waals surface area (Å²) in [5, 5.41) is 5.99. The summed E-state index contributed by atoms with van der Waals surface area (Å²) in [4.78, 5) is 8.88. The fourth-order valence-electron chi connectivity index (χ4n) is 3.07. The van der Waals surface area contributed by atoms with Crippen LogP contribution in [0.5, 0.6) is 0 Å². The zero-order valence-electron chi connectivity index (χ0n) is 13.4. The molecule has 3 aromatic rings. The topological polar surface area (TPSA) is 37.3 Å². The lowest BCUT2D eigenvalue weighted by Crippen LogP contribution is -2.07. The molecule has 0 bridgehead atoms. The van der Waals surface area contributed by atoms with Crippen molar-refractivity contribution in [2.75, 3.05) is 11.9 Å². The summed E-state index contributed by atoms with van der Waals surface area (Å²) in [5.74, 6) is 0.988. The Balaban J connectivity index is 1.39. The number of rotatable bonds is 5. The van der Waals surface area contributed by atoms with Gasteiger partial charge in [0.05, 0.1) is 0 Å². The molecule has 0 amide bonds. The zero-order valence-corrected chi connectivity index (χ0v) is 13.4. The monoisotopic (exact) mass is 313 g/mol. The van der Waals surface area contributed by atoms with E-state index in [1.165, 1.54) is 21.9 Å². The highest BCUT2D eigenvalue weighted by Gasteiger charge is 2.18. The number of nitrogens with one attached hydrogen (secondary N) is 1. The van der Waals surface area contributed by atoms with Gasteiger partial charge in [-0.05, 0) is 35.9 Å². The van der Waals surface area contributed by atoms with Gasteiger partial charge >= 0.3 is 0 Å². The van der Waals surface area contributed by atoms with Crippen molar-refractivity contribution in [3.63, 3.8) is 0 Å². The number of benzene rings is 2. The fourth-order valence-corrected chi connectivity index (χ4v) is 3.07. The predicted molar refractivity (Wildman–Crippen MR) is 101 cm³/mol. The van der Waals surface area contributed by atoms with Crippen LogP contribution in [0.25, 0.3) is 10.8 Å². The lowest BCUT2D eigenvalue weighted by atomic mass is 10.1. The normalized spacial score (nSPS) is 14.6. The second-order valence-corrected chi connectivity index (χ2v) is 5.89. The summed E-state index contributed by atoms with van der Waals surface area (Å²) in [6, 6.07) is 16.8. The van der Waals surface area contributed by atoms with Crippen LogP contribution < -0.4 is 5.32 Å². The van der Waals surface area contributed by atoms with Crippen LogP contribution in [0.15, 0.2) is 78.1 Å². The molecule has 3 nitrogen and oxygen atoms in total. The average Bonchev–Trinajstić information content (AvgIpc) is 2.99. The van der Waals surface area contributed by atoms with E-state index in [0.717, 1.165) is 30.9 Å². The maximum absolute atomic E-state index is 4.75. The maximum atomic E-state index is 4.75. The van der Waals surface area contributed by atoms with Crippen molar-refractivity contribution >= 4 is 22.3 Å². The molecule has 1 aromatic heterocycles. The Labute approximate surface area is 141 Å². The molecule has 2 aromatic carbocycles. The van der Waals surface area contributed by atoms with Crippen LogP contribution in [0, 0.1) is 0 Å². The Bertz CT molecular complexity index is 906. The molecule has 0 spiro atoms. The number of aliphatic imine (C=N–C) groups is 1. The molecule has 0 unspecified atom stereocenters. The molecular formula is C21H19N3. The zero-order chi connectivity index (χ0) is 16.2. The van der Waals surface area contributed by atoms with Gasteiger partial charge < -0.3 is 5.32 Å². The fraction of sp³-hybridized carbons (Fsp3) is 0.143. The summed E-state index contributed by atoms with van der Waals surface area (Å²) >= 11 is 0. The summed E-state index contributed by atoms with van der Waals surface area (Å²) in [5.41, 5.74) is 3.61. The molecule has 1 aliphatic heterocycles. The van der Waals surface area contributed by atoms with Crippen molar-refractivity contribution in [3.8, 4) is 0 Å². The number of anilines is 1. The van der Waals surface area contributed by atoms with Gasteiger partial charge in [-0.1, -0.05) is 48.6 Å². The number of allylic oxidation sites excluding steroid dienone is 1. The number of nitrogens with zero attached hydrogens (tertiary/aromatic N) is 2. The molecule has 0 radical (unpaired) electrons. The second kappa shape index (κ2) is 6.67. The molecule has 1 N–H and O–H groups in total. The van der Waals surface area contributed by atoms with Crippen molar-refractivity contribution in [1.29, 1.82) is 0 Å². The molecule has 0 saturated heterocycles. The van der Waals surface area contributed by atoms with Gasteiger partial charge in [-0.25, -0.2) is 0 Å². The van der Waals surface area contributed by atoms with Gasteiger partial charge in [-0.2, -0.15) is 0 Å². The first kappa shape index (κ1) is 14.6.